The molecular weight excluding hydrogens is 432 g/mol. The number of sulfone groups is 1. The zero-order chi connectivity index (χ0) is 22.1. The van der Waals surface area contributed by atoms with Crippen LogP contribution in [0.5, 0.6) is 0 Å². The third-order valence-electron chi connectivity index (χ3n) is 3.65. The van der Waals surface area contributed by atoms with Gasteiger partial charge in [-0.25, -0.2) is 13.2 Å². The van der Waals surface area contributed by atoms with E-state index in [0.717, 1.165) is 0 Å². The monoisotopic (exact) mass is 452 g/mol. The summed E-state index contributed by atoms with van der Waals surface area (Å²) in [6.45, 7) is 2.13. The Labute approximate surface area is 179 Å². The number of nitrogens with one attached hydrogen (secondary N) is 2. The van der Waals surface area contributed by atoms with Gasteiger partial charge in [-0.05, 0) is 48.9 Å². The number of benzene rings is 2. The number of halogens is 1. The maximum atomic E-state index is 12.2. The van der Waals surface area contributed by atoms with Crippen molar-refractivity contribution >= 4 is 50.6 Å². The molecule has 10 heteroatoms. The molecule has 0 radical (unpaired) electrons. The fourth-order valence-electron chi connectivity index (χ4n) is 2.38. The Bertz CT molecular complexity index is 1020. The summed E-state index contributed by atoms with van der Waals surface area (Å²) < 4.78 is 29.3. The van der Waals surface area contributed by atoms with Gasteiger partial charge in [0.25, 0.3) is 0 Å². The van der Waals surface area contributed by atoms with Gasteiger partial charge in [-0.3, -0.25) is 9.59 Å². The molecule has 30 heavy (non-hydrogen) atoms. The van der Waals surface area contributed by atoms with E-state index >= 15 is 0 Å². The van der Waals surface area contributed by atoms with E-state index in [-0.39, 0.29) is 17.9 Å². The summed E-state index contributed by atoms with van der Waals surface area (Å²) in [6.07, 6.45) is 0.672. The van der Waals surface area contributed by atoms with E-state index < -0.39 is 39.1 Å². The molecule has 2 aromatic rings. The molecular formula is C20H21ClN2O6S. The maximum absolute atomic E-state index is 12.2. The predicted octanol–water partition coefficient (Wildman–Crippen LogP) is 2.90. The van der Waals surface area contributed by atoms with Gasteiger partial charge >= 0.3 is 5.97 Å². The molecule has 0 spiro atoms. The van der Waals surface area contributed by atoms with E-state index in [4.69, 9.17) is 16.3 Å². The van der Waals surface area contributed by atoms with E-state index in [0.29, 0.717) is 17.1 Å². The highest BCUT2D eigenvalue weighted by Gasteiger charge is 2.21. The summed E-state index contributed by atoms with van der Waals surface area (Å²) in [6, 6.07) is 12.1. The molecule has 0 aromatic heterocycles. The minimum Gasteiger partial charge on any atom is -0.462 e. The number of esters is 1. The van der Waals surface area contributed by atoms with Crippen LogP contribution in [0.2, 0.25) is 5.02 Å². The molecule has 0 aliphatic rings. The van der Waals surface area contributed by atoms with Crippen LogP contribution in [0, 0.1) is 0 Å². The number of carbonyl (C=O) groups excluding carboxylic acids is 3. The third-order valence-corrected chi connectivity index (χ3v) is 5.31. The standard InChI is InChI=1S/C20H21ClN2O6S/c1-2-10-29-20(26)14-4-3-5-17(11-14)23-19(25)13-30(27,28)12-18(24)22-16-8-6-15(21)7-9-16/h3-9,11H,2,10,12-13H2,1H3,(H,22,24)(H,23,25). The molecule has 160 valence electrons. The fraction of sp³-hybridized carbons (Fsp3) is 0.250. The first kappa shape index (κ1) is 23.4. The van der Waals surface area contributed by atoms with Crippen LogP contribution in [0.15, 0.2) is 48.5 Å². The molecule has 0 heterocycles. The minimum atomic E-state index is -4.01. The summed E-state index contributed by atoms with van der Waals surface area (Å²) >= 11 is 5.75. The van der Waals surface area contributed by atoms with E-state index in [9.17, 15) is 22.8 Å². The van der Waals surface area contributed by atoms with Gasteiger partial charge in [0, 0.05) is 16.4 Å². The van der Waals surface area contributed by atoms with Crippen molar-refractivity contribution < 1.29 is 27.5 Å². The van der Waals surface area contributed by atoms with Crippen molar-refractivity contribution in [3.05, 3.63) is 59.1 Å². The smallest absolute Gasteiger partial charge is 0.338 e. The highest BCUT2D eigenvalue weighted by molar-refractivity contribution is 7.92. The lowest BCUT2D eigenvalue weighted by Gasteiger charge is -2.09. The Kier molecular flexibility index (Phi) is 8.37. The molecule has 0 bridgehead atoms. The lowest BCUT2D eigenvalue weighted by atomic mass is 10.2. The van der Waals surface area contributed by atoms with Gasteiger partial charge in [-0.1, -0.05) is 24.6 Å². The molecule has 0 atom stereocenters. The zero-order valence-corrected chi connectivity index (χ0v) is 17.8. The average Bonchev–Trinajstić information content (AvgIpc) is 2.67. The predicted molar refractivity (Wildman–Crippen MR) is 114 cm³/mol. The van der Waals surface area contributed by atoms with Crippen LogP contribution in [0.25, 0.3) is 0 Å². The quantitative estimate of drug-likeness (QED) is 0.564. The molecule has 0 unspecified atom stereocenters. The molecule has 0 saturated carbocycles. The van der Waals surface area contributed by atoms with Crippen molar-refractivity contribution in [1.29, 1.82) is 0 Å². The fourth-order valence-corrected chi connectivity index (χ4v) is 3.55. The number of anilines is 2. The van der Waals surface area contributed by atoms with Crippen molar-refractivity contribution in [2.75, 3.05) is 28.7 Å². The van der Waals surface area contributed by atoms with Crippen molar-refractivity contribution in [3.8, 4) is 0 Å². The number of hydrogen-bond donors (Lipinski definition) is 2. The number of rotatable bonds is 9. The second kappa shape index (κ2) is 10.7. The zero-order valence-electron chi connectivity index (χ0n) is 16.2. The first-order chi connectivity index (χ1) is 14.2. The molecule has 2 rings (SSSR count). The number of hydrogen-bond acceptors (Lipinski definition) is 6. The van der Waals surface area contributed by atoms with Crippen LogP contribution in [0.4, 0.5) is 11.4 Å². The lowest BCUT2D eigenvalue weighted by Crippen LogP contribution is -2.30. The van der Waals surface area contributed by atoms with E-state index in [1.54, 1.807) is 12.1 Å². The van der Waals surface area contributed by atoms with Gasteiger partial charge < -0.3 is 15.4 Å². The Hall–Kier alpha value is -2.91. The highest BCUT2D eigenvalue weighted by Crippen LogP contribution is 2.14. The highest BCUT2D eigenvalue weighted by atomic mass is 35.5. The van der Waals surface area contributed by atoms with Gasteiger partial charge in [0.2, 0.25) is 11.8 Å². The van der Waals surface area contributed by atoms with Crippen molar-refractivity contribution in [2.45, 2.75) is 13.3 Å². The van der Waals surface area contributed by atoms with Crippen LogP contribution in [-0.4, -0.2) is 44.3 Å². The second-order valence-corrected chi connectivity index (χ2v) is 8.85. The number of ether oxygens (including phenoxy) is 1. The van der Waals surface area contributed by atoms with Gasteiger partial charge in [-0.2, -0.15) is 0 Å². The topological polar surface area (TPSA) is 119 Å². The van der Waals surface area contributed by atoms with Crippen LogP contribution < -0.4 is 10.6 Å². The van der Waals surface area contributed by atoms with E-state index in [1.165, 1.54) is 36.4 Å². The summed E-state index contributed by atoms with van der Waals surface area (Å²) in [5.74, 6) is -3.88. The molecule has 0 fully saturated rings. The first-order valence-electron chi connectivity index (χ1n) is 9.01. The Morgan fingerprint density at radius 1 is 0.933 bits per heavy atom. The summed E-state index contributed by atoms with van der Waals surface area (Å²) in [5, 5.41) is 5.30. The molecule has 2 amide bonds. The Balaban J connectivity index is 1.92. The van der Waals surface area contributed by atoms with E-state index in [1.807, 2.05) is 6.92 Å². The minimum absolute atomic E-state index is 0.228. The van der Waals surface area contributed by atoms with Crippen LogP contribution in [0.3, 0.4) is 0 Å². The Morgan fingerprint density at radius 2 is 1.53 bits per heavy atom. The van der Waals surface area contributed by atoms with Crippen molar-refractivity contribution in [2.24, 2.45) is 0 Å². The summed E-state index contributed by atoms with van der Waals surface area (Å²) in [5.41, 5.74) is 0.856. The van der Waals surface area contributed by atoms with Crippen LogP contribution in [0.1, 0.15) is 23.7 Å². The molecule has 2 N–H and O–H groups in total. The van der Waals surface area contributed by atoms with Gasteiger partial charge in [0.1, 0.15) is 11.5 Å². The average molecular weight is 453 g/mol. The van der Waals surface area contributed by atoms with Gasteiger partial charge in [-0.15, -0.1) is 0 Å². The largest absolute Gasteiger partial charge is 0.462 e. The molecule has 8 nitrogen and oxygen atoms in total. The lowest BCUT2D eigenvalue weighted by molar-refractivity contribution is -0.114. The van der Waals surface area contributed by atoms with Gasteiger partial charge in [0.15, 0.2) is 9.84 Å². The molecule has 0 aliphatic heterocycles. The number of amides is 2. The van der Waals surface area contributed by atoms with Gasteiger partial charge in [0.05, 0.1) is 12.2 Å². The van der Waals surface area contributed by atoms with Crippen LogP contribution >= 0.6 is 11.6 Å². The molecule has 0 aliphatic carbocycles. The van der Waals surface area contributed by atoms with E-state index in [2.05, 4.69) is 10.6 Å². The molecule has 2 aromatic carbocycles. The summed E-state index contributed by atoms with van der Waals surface area (Å²) in [4.78, 5) is 35.9. The summed E-state index contributed by atoms with van der Waals surface area (Å²) in [7, 11) is -4.01. The molecule has 0 saturated heterocycles. The normalized spacial score (nSPS) is 10.9. The second-order valence-electron chi connectivity index (χ2n) is 6.35. The van der Waals surface area contributed by atoms with Crippen molar-refractivity contribution in [1.82, 2.24) is 0 Å². The Morgan fingerprint density at radius 3 is 2.13 bits per heavy atom. The first-order valence-corrected chi connectivity index (χ1v) is 11.2. The van der Waals surface area contributed by atoms with Crippen molar-refractivity contribution in [3.63, 3.8) is 0 Å². The number of carbonyl (C=O) groups is 3. The maximum Gasteiger partial charge on any atom is 0.338 e. The SMILES string of the molecule is CCCOC(=O)c1cccc(NC(=O)CS(=O)(=O)CC(=O)Nc2ccc(Cl)cc2)c1. The third kappa shape index (κ3) is 7.84. The van der Waals surface area contributed by atoms with Crippen LogP contribution in [-0.2, 0) is 24.2 Å².